The fourth-order valence-electron chi connectivity index (χ4n) is 7.92. The summed E-state index contributed by atoms with van der Waals surface area (Å²) in [5.41, 5.74) is -9.80. The third kappa shape index (κ3) is 4.70. The zero-order valence-electron chi connectivity index (χ0n) is 28.1. The van der Waals surface area contributed by atoms with Gasteiger partial charge in [-0.2, -0.15) is 35.1 Å². The fourth-order valence-corrected chi connectivity index (χ4v) is 7.92. The van der Waals surface area contributed by atoms with Gasteiger partial charge in [0.1, 0.15) is 23.3 Å². The molecule has 10 rings (SSSR count). The molecular formula is C44H20F12. The van der Waals surface area contributed by atoms with Gasteiger partial charge in [0.05, 0.1) is 0 Å². The molecular weight excluding hydrogens is 756 g/mol. The minimum atomic E-state index is -4.06. The molecule has 0 radical (unpaired) electrons. The Morgan fingerprint density at radius 2 is 0.429 bits per heavy atom. The van der Waals surface area contributed by atoms with Crippen LogP contribution < -0.4 is 0 Å². The molecule has 8 aromatic carbocycles. The maximum atomic E-state index is 15.1. The topological polar surface area (TPSA) is 0 Å². The largest absolute Gasteiger partial charge is 0.299 e. The summed E-state index contributed by atoms with van der Waals surface area (Å²) in [4.78, 5) is 0. The smallest absolute Gasteiger partial charge is 0.206 e. The van der Waals surface area contributed by atoms with Crippen LogP contribution in [0.3, 0.4) is 0 Å². The fraction of sp³-hybridized carbons (Fsp3) is 0.0909. The second kappa shape index (κ2) is 11.7. The number of rotatable bonds is 0. The molecule has 2 aliphatic carbocycles. The zero-order valence-corrected chi connectivity index (χ0v) is 28.1. The highest BCUT2D eigenvalue weighted by Gasteiger charge is 2.58. The van der Waals surface area contributed by atoms with Crippen LogP contribution in [0.25, 0.3) is 43.1 Å². The van der Waals surface area contributed by atoms with Crippen LogP contribution in [0.5, 0.6) is 0 Å². The first-order valence-electron chi connectivity index (χ1n) is 16.9. The monoisotopic (exact) mass is 776 g/mol. The molecule has 0 nitrogen and oxygen atoms in total. The molecule has 0 aromatic heterocycles. The van der Waals surface area contributed by atoms with Crippen LogP contribution in [0.1, 0.15) is 44.5 Å². The van der Waals surface area contributed by atoms with Crippen LogP contribution >= 0.6 is 0 Å². The molecule has 0 amide bonds. The van der Waals surface area contributed by atoms with Crippen LogP contribution in [0.4, 0.5) is 52.7 Å². The standard InChI is InChI=1S/C22H10F8.C22H10F4/c23-19(24)11-5-1-2-6-12(11)20(25,26)16-10-18-17(9-15(16)19)21(27,28)13-7-3-4-8-14(13)22(18,29)30;23-19-11-5-1-2-6-12(11)20(24)16-10-18-17(9-15(16)19)21(25)13-7-3-4-8-14(13)22(18)26/h1-10H;1-10H. The van der Waals surface area contributed by atoms with E-state index in [9.17, 15) is 17.6 Å². The summed E-state index contributed by atoms with van der Waals surface area (Å²) < 4.78 is 180. The molecule has 0 saturated heterocycles. The molecule has 8 aromatic rings. The summed E-state index contributed by atoms with van der Waals surface area (Å²) in [6.07, 6.45) is 0. The average molecular weight is 777 g/mol. The number of alkyl halides is 8. The highest BCUT2D eigenvalue weighted by molar-refractivity contribution is 6.09. The molecule has 280 valence electrons. The van der Waals surface area contributed by atoms with Crippen molar-refractivity contribution in [3.05, 3.63) is 189 Å². The Labute approximate surface area is 308 Å². The average Bonchev–Trinajstić information content (AvgIpc) is 3.20. The molecule has 0 unspecified atom stereocenters. The van der Waals surface area contributed by atoms with Gasteiger partial charge < -0.3 is 0 Å². The summed E-state index contributed by atoms with van der Waals surface area (Å²) in [6, 6.07) is 22.4. The second-order valence-electron chi connectivity index (χ2n) is 13.6. The van der Waals surface area contributed by atoms with Gasteiger partial charge in [-0.25, -0.2) is 17.6 Å². The lowest BCUT2D eigenvalue weighted by atomic mass is 9.74. The third-order valence-corrected chi connectivity index (χ3v) is 10.6. The van der Waals surface area contributed by atoms with Gasteiger partial charge in [0.15, 0.2) is 0 Å². The van der Waals surface area contributed by atoms with Crippen LogP contribution in [0, 0.1) is 23.3 Å². The number of benzene rings is 8. The van der Waals surface area contributed by atoms with E-state index < -0.39 is 91.5 Å². The van der Waals surface area contributed by atoms with Crippen LogP contribution in [-0.2, 0) is 23.7 Å². The first kappa shape index (κ1) is 35.6. The molecule has 56 heavy (non-hydrogen) atoms. The van der Waals surface area contributed by atoms with Gasteiger partial charge in [0, 0.05) is 87.6 Å². The van der Waals surface area contributed by atoms with Crippen molar-refractivity contribution in [3.8, 4) is 0 Å². The highest BCUT2D eigenvalue weighted by atomic mass is 19.3. The third-order valence-electron chi connectivity index (χ3n) is 10.6. The molecule has 0 N–H and O–H groups in total. The van der Waals surface area contributed by atoms with E-state index in [1.807, 2.05) is 0 Å². The van der Waals surface area contributed by atoms with Gasteiger partial charge in [-0.15, -0.1) is 0 Å². The van der Waals surface area contributed by atoms with Gasteiger partial charge in [-0.3, -0.25) is 0 Å². The van der Waals surface area contributed by atoms with Gasteiger partial charge in [0.2, 0.25) is 0 Å². The van der Waals surface area contributed by atoms with Gasteiger partial charge in [-0.1, -0.05) is 97.1 Å². The minimum absolute atomic E-state index is 0.0673. The van der Waals surface area contributed by atoms with E-state index in [0.717, 1.165) is 48.5 Å². The normalized spacial score (nSPS) is 16.8. The molecule has 0 bridgehead atoms. The quantitative estimate of drug-likeness (QED) is 0.106. The van der Waals surface area contributed by atoms with Crippen molar-refractivity contribution in [2.24, 2.45) is 0 Å². The van der Waals surface area contributed by atoms with E-state index in [1.165, 1.54) is 36.4 Å². The second-order valence-corrected chi connectivity index (χ2v) is 13.6. The summed E-state index contributed by atoms with van der Waals surface area (Å²) in [5.74, 6) is -18.8. The van der Waals surface area contributed by atoms with Crippen molar-refractivity contribution < 1.29 is 52.7 Å². The van der Waals surface area contributed by atoms with Gasteiger partial charge in [-0.05, 0) is 24.3 Å². The Morgan fingerprint density at radius 1 is 0.232 bits per heavy atom. The van der Waals surface area contributed by atoms with E-state index >= 15 is 35.1 Å². The molecule has 0 atom stereocenters. The van der Waals surface area contributed by atoms with Crippen molar-refractivity contribution in [2.45, 2.75) is 23.7 Å². The lowest BCUT2D eigenvalue weighted by Gasteiger charge is -2.38. The summed E-state index contributed by atoms with van der Waals surface area (Å²) in [7, 11) is 0. The van der Waals surface area contributed by atoms with Gasteiger partial charge in [0.25, 0.3) is 23.7 Å². The van der Waals surface area contributed by atoms with Crippen LogP contribution in [0.2, 0.25) is 0 Å². The zero-order chi connectivity index (χ0) is 39.7. The van der Waals surface area contributed by atoms with Crippen LogP contribution in [-0.4, -0.2) is 0 Å². The first-order valence-corrected chi connectivity index (χ1v) is 16.9. The number of halogens is 12. The van der Waals surface area contributed by atoms with E-state index in [0.29, 0.717) is 0 Å². The molecule has 0 aliphatic heterocycles. The van der Waals surface area contributed by atoms with E-state index in [4.69, 9.17) is 0 Å². The van der Waals surface area contributed by atoms with Crippen molar-refractivity contribution in [3.63, 3.8) is 0 Å². The molecule has 0 heterocycles. The Balaban J connectivity index is 0.000000148. The Morgan fingerprint density at radius 3 is 0.643 bits per heavy atom. The van der Waals surface area contributed by atoms with Crippen molar-refractivity contribution >= 4 is 43.1 Å². The number of hydrogen-bond acceptors (Lipinski definition) is 0. The highest BCUT2D eigenvalue weighted by Crippen LogP contribution is 2.59. The SMILES string of the molecule is FC1(F)c2ccccc2C(F)(F)c2cc3c(cc21)C(F)(F)c1ccccc1C3(F)F.Fc1c2ccccc2c(F)c2cc3c(F)c4ccccc4c(F)c3cc12. The maximum absolute atomic E-state index is 15.1. The molecule has 0 spiro atoms. The van der Waals surface area contributed by atoms with E-state index in [1.54, 1.807) is 24.3 Å². The predicted molar refractivity (Wildman–Crippen MR) is 188 cm³/mol. The lowest BCUT2D eigenvalue weighted by Crippen LogP contribution is -2.38. The summed E-state index contributed by atoms with van der Waals surface area (Å²) in [5, 5.41) is 0.170. The number of fused-ring (bicyclic) bond motifs is 8. The molecule has 0 fully saturated rings. The predicted octanol–water partition coefficient (Wildman–Crippen LogP) is 13.7. The van der Waals surface area contributed by atoms with Gasteiger partial charge >= 0.3 is 0 Å². The van der Waals surface area contributed by atoms with E-state index in [2.05, 4.69) is 0 Å². The number of hydrogen-bond donors (Lipinski definition) is 0. The van der Waals surface area contributed by atoms with Crippen molar-refractivity contribution in [1.82, 2.24) is 0 Å². The van der Waals surface area contributed by atoms with Crippen molar-refractivity contribution in [2.75, 3.05) is 0 Å². The maximum Gasteiger partial charge on any atom is 0.299 e. The molecule has 0 saturated carbocycles. The lowest BCUT2D eigenvalue weighted by molar-refractivity contribution is -0.0221. The Hall–Kier alpha value is -6.04. The Kier molecular flexibility index (Phi) is 7.47. The summed E-state index contributed by atoms with van der Waals surface area (Å²) >= 11 is 0. The molecule has 12 heteroatoms. The van der Waals surface area contributed by atoms with E-state index in [-0.39, 0.29) is 55.2 Å². The minimum Gasteiger partial charge on any atom is -0.206 e. The Bertz CT molecular complexity index is 2590. The van der Waals surface area contributed by atoms with Crippen molar-refractivity contribution in [1.29, 1.82) is 0 Å². The molecule has 2 aliphatic rings. The summed E-state index contributed by atoms with van der Waals surface area (Å²) in [6.45, 7) is 0. The first-order chi connectivity index (χ1) is 26.5. The van der Waals surface area contributed by atoms with Crippen LogP contribution in [0.15, 0.2) is 121 Å².